The molecule has 0 heterocycles. The summed E-state index contributed by atoms with van der Waals surface area (Å²) >= 11 is 0. The minimum absolute atomic E-state index is 0.140. The summed E-state index contributed by atoms with van der Waals surface area (Å²) in [5.74, 6) is -0.961. The van der Waals surface area contributed by atoms with Crippen LogP contribution in [-0.2, 0) is 14.8 Å². The van der Waals surface area contributed by atoms with Gasteiger partial charge in [0, 0.05) is 19.2 Å². The van der Waals surface area contributed by atoms with E-state index in [4.69, 9.17) is 14.2 Å². The van der Waals surface area contributed by atoms with Gasteiger partial charge < -0.3 is 19.3 Å². The molecule has 0 spiro atoms. The van der Waals surface area contributed by atoms with Crippen molar-refractivity contribution >= 4 is 27.8 Å². The van der Waals surface area contributed by atoms with Crippen LogP contribution in [0.5, 0.6) is 11.5 Å². The van der Waals surface area contributed by atoms with Crippen molar-refractivity contribution in [1.29, 1.82) is 0 Å². The number of aromatic carboxylic acids is 1. The molecule has 0 fully saturated rings. The van der Waals surface area contributed by atoms with Crippen LogP contribution in [-0.4, -0.2) is 46.9 Å². The zero-order valence-electron chi connectivity index (χ0n) is 15.4. The molecule has 2 aromatic carbocycles. The molecule has 0 aliphatic heterocycles. The molecule has 0 aromatic heterocycles. The number of nitrogens with one attached hydrogen (secondary N) is 1. The number of carbonyl (C=O) groups is 1. The summed E-state index contributed by atoms with van der Waals surface area (Å²) in [7, 11) is -1.10. The average Bonchev–Trinajstić information content (AvgIpc) is 2.67. The third kappa shape index (κ3) is 6.00. The minimum atomic E-state index is -3.97. The second kappa shape index (κ2) is 9.77. The van der Waals surface area contributed by atoms with Crippen molar-refractivity contribution < 1.29 is 32.5 Å². The van der Waals surface area contributed by atoms with E-state index in [1.54, 1.807) is 24.3 Å². The normalized spacial score (nSPS) is 11.4. The second-order valence-corrected chi connectivity index (χ2v) is 7.12. The summed E-state index contributed by atoms with van der Waals surface area (Å²) < 4.78 is 42.6. The summed E-state index contributed by atoms with van der Waals surface area (Å²) in [5, 5.41) is 10.4. The number of carboxylic acid groups (broad SMARTS) is 1. The summed E-state index contributed by atoms with van der Waals surface area (Å²) in [6.07, 6.45) is 1.41. The Morgan fingerprint density at radius 1 is 1.11 bits per heavy atom. The first kappa shape index (κ1) is 21.3. The molecule has 0 unspecified atom stereocenters. The van der Waals surface area contributed by atoms with E-state index in [0.717, 1.165) is 5.41 Å². The third-order valence-corrected chi connectivity index (χ3v) is 4.57. The number of benzene rings is 2. The Hall–Kier alpha value is -3.04. The molecule has 28 heavy (non-hydrogen) atoms. The van der Waals surface area contributed by atoms with Gasteiger partial charge in [-0.25, -0.2) is 13.2 Å². The van der Waals surface area contributed by atoms with Gasteiger partial charge >= 0.3 is 5.97 Å². The van der Waals surface area contributed by atoms with Crippen molar-refractivity contribution in [2.24, 2.45) is 0 Å². The quantitative estimate of drug-likeness (QED) is 0.583. The van der Waals surface area contributed by atoms with Crippen molar-refractivity contribution in [2.45, 2.75) is 0 Å². The molecule has 0 saturated heterocycles. The van der Waals surface area contributed by atoms with Crippen molar-refractivity contribution in [2.75, 3.05) is 32.2 Å². The van der Waals surface area contributed by atoms with E-state index in [9.17, 15) is 18.3 Å². The summed E-state index contributed by atoms with van der Waals surface area (Å²) in [4.78, 5) is 11.6. The zero-order chi connectivity index (χ0) is 20.6. The van der Waals surface area contributed by atoms with Gasteiger partial charge in [0.1, 0.15) is 6.61 Å². The van der Waals surface area contributed by atoms with Crippen molar-refractivity contribution in [3.8, 4) is 11.5 Å². The Morgan fingerprint density at radius 3 is 2.43 bits per heavy atom. The summed E-state index contributed by atoms with van der Waals surface area (Å²) in [5.41, 5.74) is 0.274. The molecular formula is C19H21NO7S. The van der Waals surface area contributed by atoms with Crippen LogP contribution in [0.4, 0.5) is 5.69 Å². The van der Waals surface area contributed by atoms with E-state index in [-0.39, 0.29) is 29.4 Å². The number of methoxy groups -OCH3 is 2. The minimum Gasteiger partial charge on any atom is -0.493 e. The highest BCUT2D eigenvalue weighted by Gasteiger charge is 2.19. The Bertz CT molecular complexity index is 940. The molecule has 2 N–H and O–H groups in total. The zero-order valence-corrected chi connectivity index (χ0v) is 16.2. The molecule has 8 nitrogen and oxygen atoms in total. The first-order valence-corrected chi connectivity index (χ1v) is 9.74. The third-order valence-electron chi connectivity index (χ3n) is 3.57. The Morgan fingerprint density at radius 2 is 1.82 bits per heavy atom. The van der Waals surface area contributed by atoms with Crippen LogP contribution < -0.4 is 14.2 Å². The van der Waals surface area contributed by atoms with Crippen molar-refractivity contribution in [1.82, 2.24) is 0 Å². The SMILES string of the molecule is COCCOc1cc(NS(=O)(=O)/C=C/c2ccccc2)c(C(=O)O)cc1OC. The first-order chi connectivity index (χ1) is 13.4. The van der Waals surface area contributed by atoms with E-state index in [1.807, 2.05) is 6.07 Å². The standard InChI is InChI=1S/C19H21NO7S/c1-25-9-10-27-18-13-16(15(19(21)22)12-17(18)26-2)20-28(23,24)11-8-14-6-4-3-5-7-14/h3-8,11-13,20H,9-10H2,1-2H3,(H,21,22)/b11-8+. The Balaban J connectivity index is 2.34. The Labute approximate surface area is 163 Å². The molecule has 0 amide bonds. The number of hydrogen-bond acceptors (Lipinski definition) is 6. The first-order valence-electron chi connectivity index (χ1n) is 8.19. The molecule has 0 atom stereocenters. The lowest BCUT2D eigenvalue weighted by Gasteiger charge is -2.15. The van der Waals surface area contributed by atoms with E-state index in [1.165, 1.54) is 32.4 Å². The van der Waals surface area contributed by atoms with Crippen LogP contribution in [0.25, 0.3) is 6.08 Å². The van der Waals surface area contributed by atoms with Crippen LogP contribution in [0.1, 0.15) is 15.9 Å². The van der Waals surface area contributed by atoms with Crippen LogP contribution in [0.2, 0.25) is 0 Å². The fraction of sp³-hybridized carbons (Fsp3) is 0.211. The molecule has 9 heteroatoms. The molecule has 2 aromatic rings. The maximum Gasteiger partial charge on any atom is 0.337 e. The molecule has 0 radical (unpaired) electrons. The predicted octanol–water partition coefficient (Wildman–Crippen LogP) is 2.83. The van der Waals surface area contributed by atoms with Gasteiger partial charge in [0.15, 0.2) is 11.5 Å². The number of ether oxygens (including phenoxy) is 3. The van der Waals surface area contributed by atoms with Gasteiger partial charge in [0.05, 0.1) is 30.4 Å². The molecule has 0 aliphatic carbocycles. The maximum absolute atomic E-state index is 12.4. The lowest BCUT2D eigenvalue weighted by molar-refractivity contribution is 0.0697. The molecular weight excluding hydrogens is 386 g/mol. The fourth-order valence-electron chi connectivity index (χ4n) is 2.25. The van der Waals surface area contributed by atoms with E-state index >= 15 is 0 Å². The van der Waals surface area contributed by atoms with E-state index < -0.39 is 16.0 Å². The molecule has 150 valence electrons. The van der Waals surface area contributed by atoms with Crippen LogP contribution >= 0.6 is 0 Å². The largest absolute Gasteiger partial charge is 0.493 e. The number of hydrogen-bond donors (Lipinski definition) is 2. The lowest BCUT2D eigenvalue weighted by Crippen LogP contribution is -2.14. The highest BCUT2D eigenvalue weighted by Crippen LogP contribution is 2.34. The van der Waals surface area contributed by atoms with Gasteiger partial charge in [0.25, 0.3) is 10.0 Å². The maximum atomic E-state index is 12.4. The molecule has 0 aliphatic rings. The van der Waals surface area contributed by atoms with Crippen LogP contribution in [0.3, 0.4) is 0 Å². The number of carboxylic acids is 1. The second-order valence-electron chi connectivity index (χ2n) is 5.56. The van der Waals surface area contributed by atoms with Gasteiger partial charge in [-0.2, -0.15) is 0 Å². The highest BCUT2D eigenvalue weighted by atomic mass is 32.2. The fourth-order valence-corrected chi connectivity index (χ4v) is 3.13. The molecule has 2 rings (SSSR count). The average molecular weight is 407 g/mol. The monoisotopic (exact) mass is 407 g/mol. The number of sulfonamides is 1. The van der Waals surface area contributed by atoms with Crippen molar-refractivity contribution in [3.63, 3.8) is 0 Å². The van der Waals surface area contributed by atoms with Crippen molar-refractivity contribution in [3.05, 3.63) is 59.0 Å². The van der Waals surface area contributed by atoms with Gasteiger partial charge in [-0.1, -0.05) is 30.3 Å². The highest BCUT2D eigenvalue weighted by molar-refractivity contribution is 7.95. The lowest BCUT2D eigenvalue weighted by atomic mass is 10.1. The van der Waals surface area contributed by atoms with Crippen LogP contribution in [0.15, 0.2) is 47.9 Å². The topological polar surface area (TPSA) is 111 Å². The smallest absolute Gasteiger partial charge is 0.337 e. The number of rotatable bonds is 10. The molecule has 0 saturated carbocycles. The van der Waals surface area contributed by atoms with E-state index in [0.29, 0.717) is 12.2 Å². The van der Waals surface area contributed by atoms with Gasteiger partial charge in [-0.15, -0.1) is 0 Å². The summed E-state index contributed by atoms with van der Waals surface area (Å²) in [6.45, 7) is 0.476. The van der Waals surface area contributed by atoms with Gasteiger partial charge in [-0.3, -0.25) is 4.72 Å². The van der Waals surface area contributed by atoms with E-state index in [2.05, 4.69) is 4.72 Å². The number of anilines is 1. The van der Waals surface area contributed by atoms with Gasteiger partial charge in [0.2, 0.25) is 0 Å². The molecule has 0 bridgehead atoms. The summed E-state index contributed by atoms with van der Waals surface area (Å²) in [6, 6.07) is 11.3. The Kier molecular flexibility index (Phi) is 7.42. The van der Waals surface area contributed by atoms with Crippen LogP contribution in [0, 0.1) is 0 Å². The van der Waals surface area contributed by atoms with Gasteiger partial charge in [-0.05, 0) is 11.6 Å². The predicted molar refractivity (Wildman–Crippen MR) is 105 cm³/mol.